The molecule has 0 aliphatic carbocycles. The highest BCUT2D eigenvalue weighted by atomic mass is 16.5. The number of rotatable bonds is 8. The molecular weight excluding hydrogens is 258 g/mol. The highest BCUT2D eigenvalue weighted by molar-refractivity contribution is 5.29. The molecular formula is C19H25NO. The maximum absolute atomic E-state index is 5.82. The molecule has 21 heavy (non-hydrogen) atoms. The maximum atomic E-state index is 5.82. The number of benzene rings is 2. The Hall–Kier alpha value is -1.80. The van der Waals surface area contributed by atoms with Crippen LogP contribution < -0.4 is 10.1 Å². The van der Waals surface area contributed by atoms with Gasteiger partial charge >= 0.3 is 0 Å². The van der Waals surface area contributed by atoms with Crippen molar-refractivity contribution in [3.63, 3.8) is 0 Å². The van der Waals surface area contributed by atoms with E-state index in [1.807, 2.05) is 18.2 Å². The van der Waals surface area contributed by atoms with Crippen LogP contribution in [0.4, 0.5) is 0 Å². The van der Waals surface area contributed by atoms with Crippen LogP contribution in [0.3, 0.4) is 0 Å². The van der Waals surface area contributed by atoms with Crippen molar-refractivity contribution in [2.45, 2.75) is 39.3 Å². The summed E-state index contributed by atoms with van der Waals surface area (Å²) in [5.41, 5.74) is 2.52. The lowest BCUT2D eigenvalue weighted by Crippen LogP contribution is -2.21. The predicted molar refractivity (Wildman–Crippen MR) is 88.5 cm³/mol. The van der Waals surface area contributed by atoms with Crippen molar-refractivity contribution in [3.8, 4) is 5.75 Å². The Labute approximate surface area is 128 Å². The van der Waals surface area contributed by atoms with Gasteiger partial charge in [0.15, 0.2) is 0 Å². The van der Waals surface area contributed by atoms with E-state index in [1.165, 1.54) is 11.1 Å². The second-order valence-electron chi connectivity index (χ2n) is 5.26. The van der Waals surface area contributed by atoms with Gasteiger partial charge in [-0.15, -0.1) is 0 Å². The molecule has 1 atom stereocenters. The molecule has 0 saturated carbocycles. The zero-order chi connectivity index (χ0) is 14.9. The molecule has 0 aliphatic heterocycles. The summed E-state index contributed by atoms with van der Waals surface area (Å²) in [5, 5.41) is 3.57. The first-order valence-electron chi connectivity index (χ1n) is 7.83. The molecule has 0 unspecified atom stereocenters. The van der Waals surface area contributed by atoms with Crippen molar-refractivity contribution >= 4 is 0 Å². The molecule has 2 aromatic rings. The Balaban J connectivity index is 1.92. The second-order valence-corrected chi connectivity index (χ2v) is 5.26. The van der Waals surface area contributed by atoms with Crippen molar-refractivity contribution in [2.24, 2.45) is 0 Å². The van der Waals surface area contributed by atoms with Crippen LogP contribution in [-0.4, -0.2) is 6.54 Å². The number of nitrogens with one attached hydrogen (secondary N) is 1. The number of hydrogen-bond donors (Lipinski definition) is 1. The van der Waals surface area contributed by atoms with Crippen molar-refractivity contribution < 1.29 is 4.74 Å². The van der Waals surface area contributed by atoms with E-state index in [1.54, 1.807) is 0 Å². The monoisotopic (exact) mass is 283 g/mol. The van der Waals surface area contributed by atoms with E-state index in [2.05, 4.69) is 55.6 Å². The first kappa shape index (κ1) is 15.6. The van der Waals surface area contributed by atoms with Gasteiger partial charge in [0.1, 0.15) is 12.4 Å². The van der Waals surface area contributed by atoms with E-state index in [4.69, 9.17) is 4.74 Å². The summed E-state index contributed by atoms with van der Waals surface area (Å²) in [6.45, 7) is 6.09. The van der Waals surface area contributed by atoms with E-state index >= 15 is 0 Å². The van der Waals surface area contributed by atoms with Gasteiger partial charge < -0.3 is 10.1 Å². The first-order valence-corrected chi connectivity index (χ1v) is 7.83. The van der Waals surface area contributed by atoms with Gasteiger partial charge in [-0.25, -0.2) is 0 Å². The summed E-state index contributed by atoms with van der Waals surface area (Å²) in [4.78, 5) is 0. The van der Waals surface area contributed by atoms with Gasteiger partial charge in [0, 0.05) is 6.04 Å². The fourth-order valence-corrected chi connectivity index (χ4v) is 2.35. The Bertz CT molecular complexity index is 507. The summed E-state index contributed by atoms with van der Waals surface area (Å²) in [6, 6.07) is 19.1. The largest absolute Gasteiger partial charge is 0.489 e. The van der Waals surface area contributed by atoms with E-state index in [0.717, 1.165) is 25.1 Å². The third-order valence-electron chi connectivity index (χ3n) is 3.58. The smallest absolute Gasteiger partial charge is 0.119 e. The van der Waals surface area contributed by atoms with Gasteiger partial charge in [0.2, 0.25) is 0 Å². The average molecular weight is 283 g/mol. The molecule has 0 spiro atoms. The minimum Gasteiger partial charge on any atom is -0.489 e. The van der Waals surface area contributed by atoms with Gasteiger partial charge in [-0.05, 0) is 42.6 Å². The lowest BCUT2D eigenvalue weighted by atomic mass is 10.0. The molecule has 0 radical (unpaired) electrons. The molecule has 0 aliphatic rings. The fourth-order valence-electron chi connectivity index (χ4n) is 2.35. The highest BCUT2D eigenvalue weighted by Gasteiger charge is 2.07. The molecule has 0 saturated heterocycles. The van der Waals surface area contributed by atoms with Crippen LogP contribution in [0.15, 0.2) is 54.6 Å². The van der Waals surface area contributed by atoms with Gasteiger partial charge in [0.05, 0.1) is 0 Å². The van der Waals surface area contributed by atoms with E-state index in [0.29, 0.717) is 12.6 Å². The zero-order valence-corrected chi connectivity index (χ0v) is 13.0. The van der Waals surface area contributed by atoms with E-state index in [-0.39, 0.29) is 0 Å². The van der Waals surface area contributed by atoms with Gasteiger partial charge in [-0.3, -0.25) is 0 Å². The molecule has 1 N–H and O–H groups in total. The summed E-state index contributed by atoms with van der Waals surface area (Å²) >= 11 is 0. The van der Waals surface area contributed by atoms with Crippen molar-refractivity contribution in [1.29, 1.82) is 0 Å². The molecule has 112 valence electrons. The molecule has 0 bridgehead atoms. The van der Waals surface area contributed by atoms with Gasteiger partial charge in [-0.1, -0.05) is 56.3 Å². The Morgan fingerprint density at radius 1 is 0.952 bits per heavy atom. The van der Waals surface area contributed by atoms with Crippen LogP contribution in [0.25, 0.3) is 0 Å². The molecule has 2 nitrogen and oxygen atoms in total. The third kappa shape index (κ3) is 4.91. The number of hydrogen-bond acceptors (Lipinski definition) is 2. The maximum Gasteiger partial charge on any atom is 0.119 e. The van der Waals surface area contributed by atoms with Crippen LogP contribution in [-0.2, 0) is 6.61 Å². The molecule has 0 heterocycles. The summed E-state index contributed by atoms with van der Waals surface area (Å²) < 4.78 is 5.82. The minimum atomic E-state index is 0.438. The van der Waals surface area contributed by atoms with Gasteiger partial charge in [0.25, 0.3) is 0 Å². The standard InChI is InChI=1S/C19H25NO/c1-3-14-20-19(4-2)17-10-12-18(13-11-17)21-15-16-8-6-5-7-9-16/h5-13,19-20H,3-4,14-15H2,1-2H3/t19-/m0/s1. The van der Waals surface area contributed by atoms with Crippen molar-refractivity contribution in [2.75, 3.05) is 6.54 Å². The zero-order valence-electron chi connectivity index (χ0n) is 13.0. The van der Waals surface area contributed by atoms with Crippen LogP contribution in [0.5, 0.6) is 5.75 Å². The molecule has 0 aromatic heterocycles. The SMILES string of the molecule is CCCN[C@@H](CC)c1ccc(OCc2ccccc2)cc1. The Kier molecular flexibility index (Phi) is 6.29. The Morgan fingerprint density at radius 2 is 1.67 bits per heavy atom. The van der Waals surface area contributed by atoms with Crippen LogP contribution in [0, 0.1) is 0 Å². The molecule has 2 rings (SSSR count). The third-order valence-corrected chi connectivity index (χ3v) is 3.58. The van der Waals surface area contributed by atoms with E-state index in [9.17, 15) is 0 Å². The molecule has 0 fully saturated rings. The first-order chi connectivity index (χ1) is 10.3. The Morgan fingerprint density at radius 3 is 2.29 bits per heavy atom. The van der Waals surface area contributed by atoms with Crippen LogP contribution >= 0.6 is 0 Å². The predicted octanol–water partition coefficient (Wildman–Crippen LogP) is 4.72. The summed E-state index contributed by atoms with van der Waals surface area (Å²) in [6.07, 6.45) is 2.26. The van der Waals surface area contributed by atoms with Crippen LogP contribution in [0.1, 0.15) is 43.9 Å². The normalized spacial score (nSPS) is 12.1. The highest BCUT2D eigenvalue weighted by Crippen LogP contribution is 2.21. The van der Waals surface area contributed by atoms with Crippen molar-refractivity contribution in [1.82, 2.24) is 5.32 Å². The molecule has 0 amide bonds. The van der Waals surface area contributed by atoms with Crippen molar-refractivity contribution in [3.05, 3.63) is 65.7 Å². The van der Waals surface area contributed by atoms with Crippen LogP contribution in [0.2, 0.25) is 0 Å². The lowest BCUT2D eigenvalue weighted by molar-refractivity contribution is 0.306. The second kappa shape index (κ2) is 8.48. The van der Waals surface area contributed by atoms with Gasteiger partial charge in [-0.2, -0.15) is 0 Å². The number of ether oxygens (including phenoxy) is 1. The summed E-state index contributed by atoms with van der Waals surface area (Å²) in [5.74, 6) is 0.924. The average Bonchev–Trinajstić information content (AvgIpc) is 2.56. The summed E-state index contributed by atoms with van der Waals surface area (Å²) in [7, 11) is 0. The fraction of sp³-hybridized carbons (Fsp3) is 0.368. The molecule has 2 heteroatoms. The molecule has 2 aromatic carbocycles. The lowest BCUT2D eigenvalue weighted by Gasteiger charge is -2.17. The minimum absolute atomic E-state index is 0.438. The van der Waals surface area contributed by atoms with E-state index < -0.39 is 0 Å². The topological polar surface area (TPSA) is 21.3 Å². The quantitative estimate of drug-likeness (QED) is 0.757.